The smallest absolute Gasteiger partial charge is 0.295 e. The number of rotatable bonds is 1. The van der Waals surface area contributed by atoms with Crippen LogP contribution in [0.1, 0.15) is 32.1 Å². The number of halogens is 2. The lowest BCUT2D eigenvalue weighted by atomic mass is 10.0. The SMILES string of the molecule is CN1OCCn2nc3c(c2C1=O)CN(C(=O)c1ccc(Cl)c(Cl)c1)CC3. The van der Waals surface area contributed by atoms with E-state index in [0.29, 0.717) is 54.0 Å². The lowest BCUT2D eigenvalue weighted by Gasteiger charge is -2.27. The summed E-state index contributed by atoms with van der Waals surface area (Å²) in [6.45, 7) is 1.73. The van der Waals surface area contributed by atoms with Crippen molar-refractivity contribution in [3.63, 3.8) is 0 Å². The number of aromatic nitrogens is 2. The average molecular weight is 395 g/mol. The monoisotopic (exact) mass is 394 g/mol. The summed E-state index contributed by atoms with van der Waals surface area (Å²) in [4.78, 5) is 32.5. The van der Waals surface area contributed by atoms with E-state index in [-0.39, 0.29) is 11.8 Å². The Hall–Kier alpha value is -2.09. The van der Waals surface area contributed by atoms with Gasteiger partial charge in [0, 0.05) is 31.1 Å². The number of hydrogen-bond donors (Lipinski definition) is 0. The molecular weight excluding hydrogens is 379 g/mol. The second-order valence-electron chi connectivity index (χ2n) is 6.24. The van der Waals surface area contributed by atoms with Crippen molar-refractivity contribution in [1.29, 1.82) is 0 Å². The molecule has 2 aliphatic rings. The van der Waals surface area contributed by atoms with Crippen molar-refractivity contribution in [2.75, 3.05) is 20.2 Å². The van der Waals surface area contributed by atoms with E-state index in [0.717, 1.165) is 11.3 Å². The summed E-state index contributed by atoms with van der Waals surface area (Å²) < 4.78 is 1.68. The van der Waals surface area contributed by atoms with Gasteiger partial charge in [0.1, 0.15) is 5.69 Å². The molecule has 2 amide bonds. The number of carbonyl (C=O) groups is 2. The van der Waals surface area contributed by atoms with Crippen LogP contribution in [0.2, 0.25) is 10.0 Å². The second kappa shape index (κ2) is 6.57. The summed E-state index contributed by atoms with van der Waals surface area (Å²) in [5.74, 6) is -0.403. The highest BCUT2D eigenvalue weighted by Crippen LogP contribution is 2.27. The average Bonchev–Trinajstić information content (AvgIpc) is 2.93. The zero-order chi connectivity index (χ0) is 18.4. The molecule has 26 heavy (non-hydrogen) atoms. The maximum atomic E-state index is 12.9. The fraction of sp³-hybridized carbons (Fsp3) is 0.353. The largest absolute Gasteiger partial charge is 0.334 e. The lowest BCUT2D eigenvalue weighted by molar-refractivity contribution is -0.103. The standard InChI is InChI=1S/C17H16Cl2N4O3/c1-21-17(25)15-11-9-22(5-4-14(11)20-23(15)6-7-26-21)16(24)10-2-3-12(18)13(19)8-10/h2-3,8H,4-7,9H2,1H3. The molecular formula is C17H16Cl2N4O3. The third-order valence-corrected chi connectivity index (χ3v) is 5.37. The zero-order valence-electron chi connectivity index (χ0n) is 14.0. The van der Waals surface area contributed by atoms with Gasteiger partial charge in [0.2, 0.25) is 0 Å². The third-order valence-electron chi connectivity index (χ3n) is 4.63. The summed E-state index contributed by atoms with van der Waals surface area (Å²) in [7, 11) is 1.58. The molecule has 1 aromatic carbocycles. The normalized spacial score (nSPS) is 17.0. The van der Waals surface area contributed by atoms with Crippen LogP contribution in [0.4, 0.5) is 0 Å². The van der Waals surface area contributed by atoms with E-state index >= 15 is 0 Å². The minimum absolute atomic E-state index is 0.153. The van der Waals surface area contributed by atoms with E-state index in [4.69, 9.17) is 28.0 Å². The minimum atomic E-state index is -0.250. The van der Waals surface area contributed by atoms with E-state index in [1.807, 2.05) is 0 Å². The molecule has 0 saturated carbocycles. The molecule has 0 spiro atoms. The Morgan fingerprint density at radius 3 is 2.81 bits per heavy atom. The highest BCUT2D eigenvalue weighted by atomic mass is 35.5. The molecule has 4 rings (SSSR count). The summed E-state index contributed by atoms with van der Waals surface area (Å²) >= 11 is 12.0. The van der Waals surface area contributed by atoms with Crippen molar-refractivity contribution in [3.05, 3.63) is 50.8 Å². The van der Waals surface area contributed by atoms with Gasteiger partial charge in [0.15, 0.2) is 0 Å². The molecule has 0 radical (unpaired) electrons. The predicted octanol–water partition coefficient (Wildman–Crippen LogP) is 2.41. The molecule has 1 aromatic heterocycles. The molecule has 2 aliphatic heterocycles. The molecule has 0 aliphatic carbocycles. The first-order valence-corrected chi connectivity index (χ1v) is 8.95. The Bertz CT molecular complexity index is 912. The van der Waals surface area contributed by atoms with Crippen LogP contribution >= 0.6 is 23.2 Å². The number of fused-ring (bicyclic) bond motifs is 3. The Morgan fingerprint density at radius 1 is 1.23 bits per heavy atom. The van der Waals surface area contributed by atoms with Crippen molar-refractivity contribution >= 4 is 35.0 Å². The van der Waals surface area contributed by atoms with Gasteiger partial charge in [-0.15, -0.1) is 0 Å². The minimum Gasteiger partial charge on any atom is -0.334 e. The van der Waals surface area contributed by atoms with Crippen molar-refractivity contribution in [3.8, 4) is 0 Å². The van der Waals surface area contributed by atoms with Crippen LogP contribution in [-0.2, 0) is 24.3 Å². The van der Waals surface area contributed by atoms with E-state index < -0.39 is 0 Å². The van der Waals surface area contributed by atoms with Crippen LogP contribution in [0.5, 0.6) is 0 Å². The van der Waals surface area contributed by atoms with Gasteiger partial charge >= 0.3 is 0 Å². The van der Waals surface area contributed by atoms with Gasteiger partial charge in [-0.3, -0.25) is 19.1 Å². The van der Waals surface area contributed by atoms with Gasteiger partial charge in [0.25, 0.3) is 11.8 Å². The van der Waals surface area contributed by atoms with Crippen LogP contribution in [0.3, 0.4) is 0 Å². The van der Waals surface area contributed by atoms with E-state index in [9.17, 15) is 9.59 Å². The van der Waals surface area contributed by atoms with Crippen LogP contribution < -0.4 is 0 Å². The Labute approximate surface area is 160 Å². The number of carbonyl (C=O) groups excluding carboxylic acids is 2. The van der Waals surface area contributed by atoms with E-state index in [2.05, 4.69) is 5.10 Å². The first kappa shape index (κ1) is 17.3. The quantitative estimate of drug-likeness (QED) is 0.744. The third kappa shape index (κ3) is 2.86. The number of hydroxylamine groups is 2. The highest BCUT2D eigenvalue weighted by Gasteiger charge is 2.33. The van der Waals surface area contributed by atoms with Crippen LogP contribution in [-0.4, -0.2) is 51.8 Å². The van der Waals surface area contributed by atoms with Crippen molar-refractivity contribution in [2.45, 2.75) is 19.5 Å². The molecule has 0 fully saturated rings. The zero-order valence-corrected chi connectivity index (χ0v) is 15.5. The number of nitrogens with zero attached hydrogens (tertiary/aromatic N) is 4. The van der Waals surface area contributed by atoms with Crippen molar-refractivity contribution in [2.24, 2.45) is 0 Å². The highest BCUT2D eigenvalue weighted by molar-refractivity contribution is 6.42. The Morgan fingerprint density at radius 2 is 2.04 bits per heavy atom. The van der Waals surface area contributed by atoms with Gasteiger partial charge in [0.05, 0.1) is 35.4 Å². The van der Waals surface area contributed by atoms with Gasteiger partial charge < -0.3 is 4.90 Å². The van der Waals surface area contributed by atoms with Gasteiger partial charge in [-0.2, -0.15) is 5.10 Å². The van der Waals surface area contributed by atoms with Gasteiger partial charge in [-0.25, -0.2) is 5.06 Å². The molecule has 0 N–H and O–H groups in total. The molecule has 136 valence electrons. The molecule has 0 saturated heterocycles. The molecule has 9 heteroatoms. The molecule has 0 bridgehead atoms. The molecule has 0 atom stereocenters. The topological polar surface area (TPSA) is 67.7 Å². The first-order chi connectivity index (χ1) is 12.5. The Kier molecular flexibility index (Phi) is 4.38. The number of hydrogen-bond acceptors (Lipinski definition) is 4. The molecule has 0 unspecified atom stereocenters. The van der Waals surface area contributed by atoms with Crippen LogP contribution in [0.15, 0.2) is 18.2 Å². The van der Waals surface area contributed by atoms with Gasteiger partial charge in [-0.1, -0.05) is 23.2 Å². The van der Waals surface area contributed by atoms with Crippen LogP contribution in [0.25, 0.3) is 0 Å². The fourth-order valence-electron chi connectivity index (χ4n) is 3.28. The fourth-order valence-corrected chi connectivity index (χ4v) is 3.58. The summed E-state index contributed by atoms with van der Waals surface area (Å²) in [5.41, 5.74) is 2.60. The molecule has 2 aromatic rings. The number of benzene rings is 1. The number of amides is 2. The lowest BCUT2D eigenvalue weighted by Crippen LogP contribution is -2.37. The summed E-state index contributed by atoms with van der Waals surface area (Å²) in [5, 5.41) is 6.50. The maximum absolute atomic E-state index is 12.9. The molecule has 3 heterocycles. The van der Waals surface area contributed by atoms with Crippen LogP contribution in [0, 0.1) is 0 Å². The van der Waals surface area contributed by atoms with Gasteiger partial charge in [-0.05, 0) is 18.2 Å². The maximum Gasteiger partial charge on any atom is 0.295 e. The second-order valence-corrected chi connectivity index (χ2v) is 7.05. The summed E-state index contributed by atoms with van der Waals surface area (Å²) in [6, 6.07) is 4.82. The van der Waals surface area contributed by atoms with E-state index in [1.54, 1.807) is 34.8 Å². The predicted molar refractivity (Wildman–Crippen MR) is 95.2 cm³/mol. The molecule has 7 nitrogen and oxygen atoms in total. The summed E-state index contributed by atoms with van der Waals surface area (Å²) in [6.07, 6.45) is 0.597. The van der Waals surface area contributed by atoms with Crippen molar-refractivity contribution < 1.29 is 14.4 Å². The van der Waals surface area contributed by atoms with E-state index in [1.165, 1.54) is 5.06 Å². The Balaban J connectivity index is 1.65. The first-order valence-electron chi connectivity index (χ1n) is 8.19. The van der Waals surface area contributed by atoms with Crippen molar-refractivity contribution in [1.82, 2.24) is 19.7 Å².